The molecule has 86 valence electrons. The molecule has 8 heteroatoms. The molecule has 0 spiro atoms. The average molecular weight is 269 g/mol. The largest absolute Gasteiger partial charge is 0.396 e. The summed E-state index contributed by atoms with van der Waals surface area (Å²) in [6.07, 6.45) is 0. The number of rotatable bonds is 0. The molecule has 1 heterocycles. The summed E-state index contributed by atoms with van der Waals surface area (Å²) in [5.74, 6) is 0.00738. The van der Waals surface area contributed by atoms with Crippen molar-refractivity contribution in [3.05, 3.63) is 15.6 Å². The number of anilines is 3. The van der Waals surface area contributed by atoms with Gasteiger partial charge in [0.25, 0.3) is 0 Å². The first-order valence-corrected chi connectivity index (χ1v) is 5.12. The lowest BCUT2D eigenvalue weighted by atomic mass is 10.1. The summed E-state index contributed by atoms with van der Waals surface area (Å²) in [7, 11) is 0. The lowest BCUT2D eigenvalue weighted by Crippen LogP contribution is -2.04. The fourth-order valence-corrected chi connectivity index (χ4v) is 2.02. The van der Waals surface area contributed by atoms with Gasteiger partial charge in [0.1, 0.15) is 17.4 Å². The molecule has 0 atom stereocenters. The van der Waals surface area contributed by atoms with E-state index in [1.165, 1.54) is 0 Å². The molecule has 0 radical (unpaired) electrons. The van der Waals surface area contributed by atoms with E-state index in [1.807, 2.05) is 6.07 Å². The van der Waals surface area contributed by atoms with E-state index in [9.17, 15) is 0 Å². The normalized spacial score (nSPS) is 10.4. The van der Waals surface area contributed by atoms with Crippen molar-refractivity contribution in [2.45, 2.75) is 0 Å². The van der Waals surface area contributed by atoms with Crippen LogP contribution in [-0.2, 0) is 0 Å². The summed E-state index contributed by atoms with van der Waals surface area (Å²) < 4.78 is 0. The quantitative estimate of drug-likeness (QED) is 0.622. The molecule has 0 saturated carbocycles. The van der Waals surface area contributed by atoms with E-state index in [0.29, 0.717) is 0 Å². The van der Waals surface area contributed by atoms with Gasteiger partial charge < -0.3 is 17.2 Å². The lowest BCUT2D eigenvalue weighted by Gasteiger charge is -2.10. The van der Waals surface area contributed by atoms with E-state index in [1.54, 1.807) is 0 Å². The van der Waals surface area contributed by atoms with Crippen molar-refractivity contribution in [2.75, 3.05) is 17.2 Å². The molecule has 0 aliphatic rings. The summed E-state index contributed by atoms with van der Waals surface area (Å²) in [6.45, 7) is 0. The van der Waals surface area contributed by atoms with Gasteiger partial charge in [-0.05, 0) is 0 Å². The van der Waals surface area contributed by atoms with E-state index in [2.05, 4.69) is 9.97 Å². The van der Waals surface area contributed by atoms with Gasteiger partial charge in [0.15, 0.2) is 0 Å². The summed E-state index contributed by atoms with van der Waals surface area (Å²) in [4.78, 5) is 7.67. The Morgan fingerprint density at radius 3 is 2.29 bits per heavy atom. The first-order valence-electron chi connectivity index (χ1n) is 4.36. The molecular formula is C9H6Cl2N6. The average Bonchev–Trinajstić information content (AvgIpc) is 2.25. The Morgan fingerprint density at radius 2 is 1.71 bits per heavy atom. The highest BCUT2D eigenvalue weighted by Crippen LogP contribution is 2.39. The molecule has 0 amide bonds. The molecule has 0 aliphatic carbocycles. The van der Waals surface area contributed by atoms with Gasteiger partial charge in [0, 0.05) is 0 Å². The maximum absolute atomic E-state index is 8.95. The van der Waals surface area contributed by atoms with Crippen LogP contribution in [0.25, 0.3) is 10.9 Å². The predicted octanol–water partition coefficient (Wildman–Crippen LogP) is 1.55. The van der Waals surface area contributed by atoms with Gasteiger partial charge in [-0.25, -0.2) is 4.98 Å². The number of nitriles is 1. The number of aromatic nitrogens is 2. The van der Waals surface area contributed by atoms with Crippen LogP contribution in [0.2, 0.25) is 10.0 Å². The number of nitrogens with two attached hydrogens (primary N) is 3. The van der Waals surface area contributed by atoms with Crippen LogP contribution in [0.3, 0.4) is 0 Å². The van der Waals surface area contributed by atoms with Crippen molar-refractivity contribution in [1.82, 2.24) is 9.97 Å². The van der Waals surface area contributed by atoms with Crippen LogP contribution in [0.5, 0.6) is 0 Å². The SMILES string of the molecule is N#Cc1c(N)c(Cl)c2nc(N)nc(N)c2c1Cl. The molecule has 1 aromatic carbocycles. The maximum atomic E-state index is 8.95. The zero-order chi connectivity index (χ0) is 12.7. The first-order chi connectivity index (χ1) is 7.97. The second kappa shape index (κ2) is 3.80. The molecule has 17 heavy (non-hydrogen) atoms. The number of fused-ring (bicyclic) bond motifs is 1. The molecule has 6 nitrogen and oxygen atoms in total. The van der Waals surface area contributed by atoms with Crippen LogP contribution in [0, 0.1) is 11.3 Å². The highest BCUT2D eigenvalue weighted by atomic mass is 35.5. The molecule has 0 aliphatic heterocycles. The predicted molar refractivity (Wildman–Crippen MR) is 67.5 cm³/mol. The monoisotopic (exact) mass is 268 g/mol. The third kappa shape index (κ3) is 1.56. The Morgan fingerprint density at radius 1 is 1.06 bits per heavy atom. The van der Waals surface area contributed by atoms with Crippen molar-refractivity contribution < 1.29 is 0 Å². The molecule has 0 fully saturated rings. The van der Waals surface area contributed by atoms with Gasteiger partial charge in [-0.2, -0.15) is 10.2 Å². The lowest BCUT2D eigenvalue weighted by molar-refractivity contribution is 1.24. The Bertz CT molecular complexity index is 676. The topological polar surface area (TPSA) is 128 Å². The third-order valence-corrected chi connectivity index (χ3v) is 2.98. The van der Waals surface area contributed by atoms with Gasteiger partial charge >= 0.3 is 0 Å². The molecule has 2 aromatic rings. The minimum absolute atomic E-state index is 0.0444. The zero-order valence-corrected chi connectivity index (χ0v) is 9.84. The summed E-state index contributed by atoms with van der Waals surface area (Å²) >= 11 is 12.0. The van der Waals surface area contributed by atoms with Gasteiger partial charge in [0.05, 0.1) is 26.7 Å². The minimum Gasteiger partial charge on any atom is -0.396 e. The number of nitrogen functional groups attached to an aromatic ring is 3. The van der Waals surface area contributed by atoms with Crippen LogP contribution in [0.4, 0.5) is 17.5 Å². The maximum Gasteiger partial charge on any atom is 0.222 e. The number of benzene rings is 1. The fourth-order valence-electron chi connectivity index (χ4n) is 1.46. The molecule has 1 aromatic heterocycles. The highest BCUT2D eigenvalue weighted by molar-refractivity contribution is 6.43. The van der Waals surface area contributed by atoms with Crippen LogP contribution >= 0.6 is 23.2 Å². The number of nitrogens with zero attached hydrogens (tertiary/aromatic N) is 3. The van der Waals surface area contributed by atoms with Gasteiger partial charge in [-0.1, -0.05) is 23.2 Å². The third-order valence-electron chi connectivity index (χ3n) is 2.22. The van der Waals surface area contributed by atoms with Gasteiger partial charge in [-0.15, -0.1) is 0 Å². The Kier molecular flexibility index (Phi) is 2.58. The van der Waals surface area contributed by atoms with Crippen LogP contribution in [-0.4, -0.2) is 9.97 Å². The summed E-state index contributed by atoms with van der Waals surface area (Å²) in [5.41, 5.74) is 17.1. The van der Waals surface area contributed by atoms with Gasteiger partial charge in [0.2, 0.25) is 5.95 Å². The molecule has 0 saturated heterocycles. The van der Waals surface area contributed by atoms with Crippen LogP contribution in [0.15, 0.2) is 0 Å². The second-order valence-electron chi connectivity index (χ2n) is 3.22. The van der Waals surface area contributed by atoms with Gasteiger partial charge in [-0.3, -0.25) is 0 Å². The van der Waals surface area contributed by atoms with E-state index in [-0.39, 0.29) is 44.0 Å². The number of halogens is 2. The highest BCUT2D eigenvalue weighted by Gasteiger charge is 2.19. The van der Waals surface area contributed by atoms with Crippen molar-refractivity contribution in [1.29, 1.82) is 5.26 Å². The summed E-state index contributed by atoms with van der Waals surface area (Å²) in [6, 6.07) is 1.85. The Labute approximate surface area is 106 Å². The molecule has 0 unspecified atom stereocenters. The van der Waals surface area contributed by atoms with E-state index >= 15 is 0 Å². The Hall–Kier alpha value is -1.97. The molecule has 0 bridgehead atoms. The Balaban J connectivity index is 3.11. The van der Waals surface area contributed by atoms with E-state index < -0.39 is 0 Å². The molecule has 6 N–H and O–H groups in total. The molecular weight excluding hydrogens is 263 g/mol. The number of hydrogen-bond donors (Lipinski definition) is 3. The van der Waals surface area contributed by atoms with Crippen molar-refractivity contribution in [3.8, 4) is 6.07 Å². The van der Waals surface area contributed by atoms with E-state index in [0.717, 1.165) is 0 Å². The number of hydrogen-bond acceptors (Lipinski definition) is 6. The first kappa shape index (κ1) is 11.5. The second-order valence-corrected chi connectivity index (χ2v) is 3.98. The summed E-state index contributed by atoms with van der Waals surface area (Å²) in [5, 5.41) is 9.38. The van der Waals surface area contributed by atoms with Crippen molar-refractivity contribution in [3.63, 3.8) is 0 Å². The molecule has 2 rings (SSSR count). The zero-order valence-electron chi connectivity index (χ0n) is 8.33. The standard InChI is InChI=1S/C9H6Cl2N6/c10-4-2(1-12)6(13)5(11)7-3(4)8(14)17-9(15)16-7/h13H2,(H4,14,15,16,17). The smallest absolute Gasteiger partial charge is 0.222 e. The minimum atomic E-state index is -0.0444. The van der Waals surface area contributed by atoms with Crippen LogP contribution < -0.4 is 17.2 Å². The van der Waals surface area contributed by atoms with Crippen molar-refractivity contribution >= 4 is 51.6 Å². The van der Waals surface area contributed by atoms with E-state index in [4.69, 9.17) is 45.7 Å². The van der Waals surface area contributed by atoms with Crippen molar-refractivity contribution in [2.24, 2.45) is 0 Å². The van der Waals surface area contributed by atoms with Crippen LogP contribution in [0.1, 0.15) is 5.56 Å². The fraction of sp³-hybridized carbons (Fsp3) is 0.